The molecule has 21 heavy (non-hydrogen) atoms. The van der Waals surface area contributed by atoms with Gasteiger partial charge < -0.3 is 4.74 Å². The average molecular weight is 282 g/mol. The second-order valence-electron chi connectivity index (χ2n) is 5.88. The first-order valence-corrected chi connectivity index (χ1v) is 7.39. The molecule has 3 heterocycles. The van der Waals surface area contributed by atoms with E-state index < -0.39 is 11.2 Å². The van der Waals surface area contributed by atoms with Gasteiger partial charge in [0.1, 0.15) is 0 Å². The lowest BCUT2D eigenvalue weighted by Gasteiger charge is -2.40. The van der Waals surface area contributed by atoms with Crippen molar-refractivity contribution in [3.05, 3.63) is 71.8 Å². The summed E-state index contributed by atoms with van der Waals surface area (Å²) >= 11 is 0. The molecule has 0 aliphatic carbocycles. The highest BCUT2D eigenvalue weighted by atomic mass is 17.2. The van der Waals surface area contributed by atoms with Crippen molar-refractivity contribution < 1.29 is 14.5 Å². The molecule has 2 bridgehead atoms. The van der Waals surface area contributed by atoms with Gasteiger partial charge >= 0.3 is 0 Å². The second-order valence-corrected chi connectivity index (χ2v) is 5.88. The number of ether oxygens (including phenoxy) is 1. The zero-order chi connectivity index (χ0) is 14.2. The van der Waals surface area contributed by atoms with E-state index in [0.717, 1.165) is 24.0 Å². The van der Waals surface area contributed by atoms with Gasteiger partial charge in [0.25, 0.3) is 0 Å². The Kier molecular flexibility index (Phi) is 3.07. The molecule has 5 rings (SSSR count). The molecule has 3 aliphatic rings. The molecule has 2 aromatic carbocycles. The fraction of sp³-hybridized carbons (Fsp3) is 0.333. The third kappa shape index (κ3) is 2.09. The molecule has 0 saturated carbocycles. The van der Waals surface area contributed by atoms with Crippen molar-refractivity contribution >= 4 is 0 Å². The predicted molar refractivity (Wildman–Crippen MR) is 78.5 cm³/mol. The molecular formula is C18H18O3. The first-order valence-electron chi connectivity index (χ1n) is 7.39. The van der Waals surface area contributed by atoms with Gasteiger partial charge in [0, 0.05) is 0 Å². The minimum absolute atomic E-state index is 0.476. The summed E-state index contributed by atoms with van der Waals surface area (Å²) in [4.78, 5) is 11.8. The molecule has 3 nitrogen and oxygen atoms in total. The molecule has 0 spiro atoms. The van der Waals surface area contributed by atoms with E-state index in [2.05, 4.69) is 24.3 Å². The fourth-order valence-corrected chi connectivity index (χ4v) is 3.26. The first kappa shape index (κ1) is 13.0. The van der Waals surface area contributed by atoms with Crippen molar-refractivity contribution in [3.8, 4) is 0 Å². The quantitative estimate of drug-likeness (QED) is 0.788. The van der Waals surface area contributed by atoms with Crippen LogP contribution in [0.5, 0.6) is 0 Å². The molecule has 0 aromatic heterocycles. The normalized spacial score (nSPS) is 31.8. The zero-order valence-corrected chi connectivity index (χ0v) is 11.8. The number of benzene rings is 2. The molecule has 0 unspecified atom stereocenters. The lowest BCUT2D eigenvalue weighted by Crippen LogP contribution is -2.43. The van der Waals surface area contributed by atoms with Crippen LogP contribution in [0.25, 0.3) is 0 Å². The zero-order valence-electron chi connectivity index (χ0n) is 11.8. The summed E-state index contributed by atoms with van der Waals surface area (Å²) in [5.74, 6) is 0. The molecule has 3 aliphatic heterocycles. The van der Waals surface area contributed by atoms with Crippen LogP contribution in [0.4, 0.5) is 0 Å². The van der Waals surface area contributed by atoms with Gasteiger partial charge in [-0.15, -0.1) is 0 Å². The summed E-state index contributed by atoms with van der Waals surface area (Å²) in [6.07, 6.45) is 1.79. The van der Waals surface area contributed by atoms with Gasteiger partial charge in [-0.05, 0) is 24.0 Å². The van der Waals surface area contributed by atoms with Crippen LogP contribution >= 0.6 is 0 Å². The molecule has 2 aromatic rings. The van der Waals surface area contributed by atoms with E-state index >= 15 is 0 Å². The Morgan fingerprint density at radius 1 is 0.619 bits per heavy atom. The number of fused-ring (bicyclic) bond motifs is 4. The second kappa shape index (κ2) is 4.95. The largest absolute Gasteiger partial charge is 0.374 e. The van der Waals surface area contributed by atoms with E-state index in [1.54, 1.807) is 0 Å². The maximum atomic E-state index is 5.95. The Labute approximate surface area is 124 Å². The average Bonchev–Trinajstić information content (AvgIpc) is 2.89. The molecule has 0 N–H and O–H groups in total. The lowest BCUT2D eigenvalue weighted by atomic mass is 9.82. The number of hydrogen-bond acceptors (Lipinski definition) is 3. The number of rotatable bonds is 2. The summed E-state index contributed by atoms with van der Waals surface area (Å²) in [6.45, 7) is 1.07. The van der Waals surface area contributed by atoms with E-state index in [-0.39, 0.29) is 0 Å². The topological polar surface area (TPSA) is 27.7 Å². The molecule has 3 saturated heterocycles. The monoisotopic (exact) mass is 282 g/mol. The van der Waals surface area contributed by atoms with E-state index in [9.17, 15) is 0 Å². The van der Waals surface area contributed by atoms with Gasteiger partial charge in [0.15, 0.2) is 11.2 Å². The van der Waals surface area contributed by atoms with Crippen LogP contribution in [0.3, 0.4) is 0 Å². The van der Waals surface area contributed by atoms with Crippen molar-refractivity contribution in [3.63, 3.8) is 0 Å². The van der Waals surface area contributed by atoms with E-state index in [0.29, 0.717) is 13.2 Å². The van der Waals surface area contributed by atoms with Crippen molar-refractivity contribution in [1.82, 2.24) is 0 Å². The van der Waals surface area contributed by atoms with Crippen molar-refractivity contribution in [1.29, 1.82) is 0 Å². The Morgan fingerprint density at radius 3 is 1.43 bits per heavy atom. The molecular weight excluding hydrogens is 264 g/mol. The van der Waals surface area contributed by atoms with Crippen molar-refractivity contribution in [2.75, 3.05) is 13.2 Å². The first-order chi connectivity index (χ1) is 10.3. The molecule has 3 heteroatoms. The predicted octanol–water partition coefficient (Wildman–Crippen LogP) is 3.55. The summed E-state index contributed by atoms with van der Waals surface area (Å²) in [5.41, 5.74) is 1.29. The molecule has 3 fully saturated rings. The van der Waals surface area contributed by atoms with Crippen LogP contribution < -0.4 is 0 Å². The maximum absolute atomic E-state index is 5.95. The van der Waals surface area contributed by atoms with Crippen LogP contribution in [0.15, 0.2) is 60.7 Å². The molecule has 0 amide bonds. The highest BCUT2D eigenvalue weighted by Crippen LogP contribution is 2.47. The van der Waals surface area contributed by atoms with Gasteiger partial charge in [-0.25, -0.2) is 9.78 Å². The fourth-order valence-electron chi connectivity index (χ4n) is 3.26. The lowest BCUT2D eigenvalue weighted by molar-refractivity contribution is -0.438. The van der Waals surface area contributed by atoms with Crippen LogP contribution in [0, 0.1) is 0 Å². The molecule has 0 radical (unpaired) electrons. The SMILES string of the molecule is c1ccc([C@@]23CC[C@@](c4ccccc4)(COC2)OO3)cc1. The van der Waals surface area contributed by atoms with Gasteiger partial charge in [-0.3, -0.25) is 0 Å². The summed E-state index contributed by atoms with van der Waals surface area (Å²) in [7, 11) is 0. The molecule has 2 atom stereocenters. The number of hydrogen-bond donors (Lipinski definition) is 0. The van der Waals surface area contributed by atoms with Crippen LogP contribution in [0.1, 0.15) is 24.0 Å². The summed E-state index contributed by atoms with van der Waals surface area (Å²) in [5, 5.41) is 0. The van der Waals surface area contributed by atoms with Crippen LogP contribution in [0.2, 0.25) is 0 Å². The Bertz CT molecular complexity index is 545. The summed E-state index contributed by atoms with van der Waals surface area (Å²) < 4.78 is 5.95. The maximum Gasteiger partial charge on any atom is 0.152 e. The third-order valence-electron chi connectivity index (χ3n) is 4.56. The minimum atomic E-state index is -0.476. The van der Waals surface area contributed by atoms with Gasteiger partial charge in [0.05, 0.1) is 13.2 Å². The van der Waals surface area contributed by atoms with E-state index in [1.165, 1.54) is 0 Å². The van der Waals surface area contributed by atoms with Gasteiger partial charge in [0.2, 0.25) is 0 Å². The van der Waals surface area contributed by atoms with Gasteiger partial charge in [-0.2, -0.15) is 0 Å². The van der Waals surface area contributed by atoms with Crippen LogP contribution in [-0.4, -0.2) is 13.2 Å². The van der Waals surface area contributed by atoms with E-state index in [1.807, 2.05) is 36.4 Å². The Hall–Kier alpha value is -1.68. The molecule has 108 valence electrons. The Morgan fingerprint density at radius 2 is 1.05 bits per heavy atom. The smallest absolute Gasteiger partial charge is 0.152 e. The highest BCUT2D eigenvalue weighted by molar-refractivity contribution is 5.27. The van der Waals surface area contributed by atoms with Crippen LogP contribution in [-0.2, 0) is 25.7 Å². The minimum Gasteiger partial charge on any atom is -0.374 e. The van der Waals surface area contributed by atoms with E-state index in [4.69, 9.17) is 14.5 Å². The van der Waals surface area contributed by atoms with Gasteiger partial charge in [-0.1, -0.05) is 60.7 Å². The highest BCUT2D eigenvalue weighted by Gasteiger charge is 2.51. The van der Waals surface area contributed by atoms with Crippen molar-refractivity contribution in [2.45, 2.75) is 24.0 Å². The standard InChI is InChI=1S/C18H18O3/c1-3-7-15(8-4-1)17-11-12-18(21-20-17,14-19-13-17)16-9-5-2-6-10-16/h1-10H,11-14H2/t17-,18+. The van der Waals surface area contributed by atoms with Crippen molar-refractivity contribution in [2.24, 2.45) is 0 Å². The third-order valence-corrected chi connectivity index (χ3v) is 4.56. The summed E-state index contributed by atoms with van der Waals surface area (Å²) in [6, 6.07) is 20.4. The Balaban J connectivity index is 1.67.